The van der Waals surface area contributed by atoms with Crippen LogP contribution in [0.2, 0.25) is 0 Å². The maximum absolute atomic E-state index is 4.51. The number of isothiocyanates is 1. The Kier molecular flexibility index (Phi) is 4.51. The molecule has 0 spiro atoms. The second-order valence-electron chi connectivity index (χ2n) is 3.62. The first-order valence-electron chi connectivity index (χ1n) is 4.86. The molecule has 14 heavy (non-hydrogen) atoms. The Morgan fingerprint density at radius 3 is 2.43 bits per heavy atom. The third kappa shape index (κ3) is 3.41. The molecule has 0 saturated heterocycles. The molecule has 0 aliphatic heterocycles. The predicted octanol–water partition coefficient (Wildman–Crippen LogP) is 3.46. The van der Waals surface area contributed by atoms with Gasteiger partial charge in [0.15, 0.2) is 0 Å². The Bertz CT molecular complexity index is 321. The molecule has 0 atom stereocenters. The lowest BCUT2D eigenvalue weighted by Gasteiger charge is -2.05. The van der Waals surface area contributed by atoms with Crippen LogP contribution in [-0.4, -0.2) is 11.7 Å². The zero-order valence-electron chi connectivity index (χ0n) is 8.66. The molecule has 0 amide bonds. The molecule has 74 valence electrons. The molecule has 2 heteroatoms. The molecule has 1 rings (SSSR count). The highest BCUT2D eigenvalue weighted by molar-refractivity contribution is 7.78. The van der Waals surface area contributed by atoms with Crippen LogP contribution in [0.25, 0.3) is 0 Å². The van der Waals surface area contributed by atoms with Crippen molar-refractivity contribution >= 4 is 17.4 Å². The molecular weight excluding hydrogens is 190 g/mol. The van der Waals surface area contributed by atoms with Gasteiger partial charge in [0, 0.05) is 0 Å². The summed E-state index contributed by atoms with van der Waals surface area (Å²) in [5.74, 6) is 0.600. The fourth-order valence-corrected chi connectivity index (χ4v) is 1.39. The third-order valence-electron chi connectivity index (χ3n) is 2.22. The van der Waals surface area contributed by atoms with Gasteiger partial charge >= 0.3 is 0 Å². The van der Waals surface area contributed by atoms with Crippen LogP contribution in [0, 0.1) is 0 Å². The van der Waals surface area contributed by atoms with E-state index in [-0.39, 0.29) is 0 Å². The second-order valence-corrected chi connectivity index (χ2v) is 3.80. The monoisotopic (exact) mass is 205 g/mol. The molecule has 1 aromatic carbocycles. The van der Waals surface area contributed by atoms with Crippen LogP contribution in [0.5, 0.6) is 0 Å². The van der Waals surface area contributed by atoms with Gasteiger partial charge in [-0.3, -0.25) is 0 Å². The fourth-order valence-electron chi connectivity index (χ4n) is 1.30. The molecule has 1 aromatic rings. The molecule has 1 nitrogen and oxygen atoms in total. The van der Waals surface area contributed by atoms with Crippen molar-refractivity contribution < 1.29 is 0 Å². The zero-order chi connectivity index (χ0) is 10.4. The standard InChI is InChI=1S/C12H15NS/c1-10(2)12-5-3-11(4-6-12)7-8-13-9-14/h3-6,10H,7-8H2,1-2H3. The van der Waals surface area contributed by atoms with Gasteiger partial charge < -0.3 is 0 Å². The number of nitrogens with zero attached hydrogens (tertiary/aromatic N) is 1. The van der Waals surface area contributed by atoms with Gasteiger partial charge in [-0.05, 0) is 35.7 Å². The molecule has 0 unspecified atom stereocenters. The van der Waals surface area contributed by atoms with E-state index in [0.717, 1.165) is 13.0 Å². The number of thiocarbonyl (C=S) groups is 1. The maximum atomic E-state index is 4.51. The van der Waals surface area contributed by atoms with Gasteiger partial charge in [-0.15, -0.1) is 0 Å². The summed E-state index contributed by atoms with van der Waals surface area (Å²) in [6.45, 7) is 5.14. The quantitative estimate of drug-likeness (QED) is 0.541. The molecule has 0 heterocycles. The van der Waals surface area contributed by atoms with E-state index >= 15 is 0 Å². The number of hydrogen-bond donors (Lipinski definition) is 0. The minimum absolute atomic E-state index is 0.600. The van der Waals surface area contributed by atoms with Crippen molar-refractivity contribution in [3.8, 4) is 0 Å². The van der Waals surface area contributed by atoms with Gasteiger partial charge in [-0.1, -0.05) is 38.1 Å². The topological polar surface area (TPSA) is 12.4 Å². The van der Waals surface area contributed by atoms with E-state index in [1.807, 2.05) is 0 Å². The first-order chi connectivity index (χ1) is 6.74. The average molecular weight is 205 g/mol. The second kappa shape index (κ2) is 5.69. The Balaban J connectivity index is 2.59. The molecule has 0 bridgehead atoms. The smallest absolute Gasteiger partial charge is 0.0585 e. The van der Waals surface area contributed by atoms with Crippen molar-refractivity contribution in [1.29, 1.82) is 0 Å². The summed E-state index contributed by atoms with van der Waals surface area (Å²) >= 11 is 4.51. The van der Waals surface area contributed by atoms with Crippen LogP contribution in [0.1, 0.15) is 30.9 Å². The van der Waals surface area contributed by atoms with Crippen LogP contribution >= 0.6 is 12.2 Å². The first kappa shape index (κ1) is 11.1. The Morgan fingerprint density at radius 2 is 1.93 bits per heavy atom. The Labute approximate surface area is 90.9 Å². The number of benzene rings is 1. The molecule has 0 aliphatic carbocycles. The average Bonchev–Trinajstić information content (AvgIpc) is 2.19. The molecule has 0 N–H and O–H groups in total. The van der Waals surface area contributed by atoms with Gasteiger partial charge in [0.2, 0.25) is 0 Å². The summed E-state index contributed by atoms with van der Waals surface area (Å²) in [4.78, 5) is 3.89. The summed E-state index contributed by atoms with van der Waals surface area (Å²) in [6.07, 6.45) is 0.946. The van der Waals surface area contributed by atoms with E-state index in [0.29, 0.717) is 5.92 Å². The molecule has 0 aromatic heterocycles. The molecule has 0 saturated carbocycles. The zero-order valence-corrected chi connectivity index (χ0v) is 9.47. The fraction of sp³-hybridized carbons (Fsp3) is 0.417. The largest absolute Gasteiger partial charge is 0.232 e. The van der Waals surface area contributed by atoms with Crippen LogP contribution in [-0.2, 0) is 6.42 Å². The maximum Gasteiger partial charge on any atom is 0.0585 e. The highest BCUT2D eigenvalue weighted by atomic mass is 32.1. The number of aliphatic imine (C=N–C) groups is 1. The van der Waals surface area contributed by atoms with Crippen molar-refractivity contribution in [3.05, 3.63) is 35.4 Å². The minimum atomic E-state index is 0.600. The third-order valence-corrected chi connectivity index (χ3v) is 2.35. The first-order valence-corrected chi connectivity index (χ1v) is 5.27. The van der Waals surface area contributed by atoms with Crippen LogP contribution in [0.4, 0.5) is 0 Å². The highest BCUT2D eigenvalue weighted by Crippen LogP contribution is 2.14. The van der Waals surface area contributed by atoms with E-state index in [4.69, 9.17) is 0 Å². The lowest BCUT2D eigenvalue weighted by Crippen LogP contribution is -1.91. The van der Waals surface area contributed by atoms with Gasteiger partial charge in [-0.2, -0.15) is 0 Å². The molecule has 0 aliphatic rings. The van der Waals surface area contributed by atoms with Gasteiger partial charge in [-0.25, -0.2) is 4.99 Å². The Hall–Kier alpha value is -0.980. The summed E-state index contributed by atoms with van der Waals surface area (Å²) in [7, 11) is 0. The molecular formula is C12H15NS. The van der Waals surface area contributed by atoms with E-state index in [1.165, 1.54) is 11.1 Å². The predicted molar refractivity (Wildman–Crippen MR) is 64.1 cm³/mol. The highest BCUT2D eigenvalue weighted by Gasteiger charge is 1.98. The number of rotatable bonds is 4. The minimum Gasteiger partial charge on any atom is -0.232 e. The molecule has 0 radical (unpaired) electrons. The van der Waals surface area contributed by atoms with Crippen LogP contribution < -0.4 is 0 Å². The van der Waals surface area contributed by atoms with Crippen molar-refractivity contribution in [2.75, 3.05) is 6.54 Å². The van der Waals surface area contributed by atoms with Crippen LogP contribution in [0.15, 0.2) is 29.3 Å². The van der Waals surface area contributed by atoms with Gasteiger partial charge in [0.05, 0.1) is 11.7 Å². The summed E-state index contributed by atoms with van der Waals surface area (Å²) in [6, 6.07) is 8.69. The van der Waals surface area contributed by atoms with E-state index in [1.54, 1.807) is 0 Å². The number of hydrogen-bond acceptors (Lipinski definition) is 2. The SMILES string of the molecule is CC(C)c1ccc(CCN=C=S)cc1. The van der Waals surface area contributed by atoms with E-state index in [2.05, 4.69) is 60.5 Å². The van der Waals surface area contributed by atoms with Crippen molar-refractivity contribution in [2.24, 2.45) is 4.99 Å². The van der Waals surface area contributed by atoms with Crippen LogP contribution in [0.3, 0.4) is 0 Å². The lowest BCUT2D eigenvalue weighted by atomic mass is 10.0. The van der Waals surface area contributed by atoms with E-state index in [9.17, 15) is 0 Å². The Morgan fingerprint density at radius 1 is 1.29 bits per heavy atom. The summed E-state index contributed by atoms with van der Waals surface area (Å²) < 4.78 is 0. The van der Waals surface area contributed by atoms with E-state index < -0.39 is 0 Å². The normalized spacial score (nSPS) is 9.93. The summed E-state index contributed by atoms with van der Waals surface area (Å²) in [5.41, 5.74) is 2.69. The van der Waals surface area contributed by atoms with Crippen molar-refractivity contribution in [2.45, 2.75) is 26.2 Å². The lowest BCUT2D eigenvalue weighted by molar-refractivity contribution is 0.863. The van der Waals surface area contributed by atoms with Crippen molar-refractivity contribution in [1.82, 2.24) is 0 Å². The summed E-state index contributed by atoms with van der Waals surface area (Å²) in [5, 5.41) is 2.38. The van der Waals surface area contributed by atoms with Gasteiger partial charge in [0.25, 0.3) is 0 Å². The van der Waals surface area contributed by atoms with Crippen molar-refractivity contribution in [3.63, 3.8) is 0 Å². The molecule has 0 fully saturated rings. The van der Waals surface area contributed by atoms with Gasteiger partial charge in [0.1, 0.15) is 0 Å².